The van der Waals surface area contributed by atoms with Crippen LogP contribution in [0, 0.1) is 11.3 Å². The van der Waals surface area contributed by atoms with E-state index in [-0.39, 0.29) is 5.57 Å². The molecule has 1 heterocycles. The molecule has 0 aromatic heterocycles. The van der Waals surface area contributed by atoms with E-state index in [2.05, 4.69) is 10.2 Å². The van der Waals surface area contributed by atoms with Gasteiger partial charge in [-0.2, -0.15) is 5.26 Å². The highest BCUT2D eigenvalue weighted by Crippen LogP contribution is 2.10. The number of nitrogen functional groups attached to an aromatic ring is 1. The highest BCUT2D eigenvalue weighted by molar-refractivity contribution is 6.01. The zero-order valence-corrected chi connectivity index (χ0v) is 13.9. The first-order valence-electron chi connectivity index (χ1n) is 8.04. The third-order valence-electron chi connectivity index (χ3n) is 4.01. The lowest BCUT2D eigenvalue weighted by Crippen LogP contribution is -2.50. The van der Waals surface area contributed by atoms with E-state index in [1.165, 1.54) is 0 Å². The number of amides is 2. The van der Waals surface area contributed by atoms with Crippen LogP contribution in [0.2, 0.25) is 0 Å². The van der Waals surface area contributed by atoms with Crippen LogP contribution in [0.3, 0.4) is 0 Å². The Balaban J connectivity index is 1.98. The van der Waals surface area contributed by atoms with Crippen molar-refractivity contribution in [2.24, 2.45) is 5.73 Å². The van der Waals surface area contributed by atoms with Crippen LogP contribution in [0.15, 0.2) is 36.0 Å². The van der Waals surface area contributed by atoms with Gasteiger partial charge in [0.1, 0.15) is 11.6 Å². The number of anilines is 1. The SMILES string of the molecule is N#C/C(=C/NC(=O)c1ccccc1N)C(=O)N1CCN(CCN)CC1. The Morgan fingerprint density at radius 3 is 2.52 bits per heavy atom. The minimum atomic E-state index is -0.466. The number of nitrogens with zero attached hydrogens (tertiary/aromatic N) is 3. The number of piperazine rings is 1. The van der Waals surface area contributed by atoms with E-state index < -0.39 is 11.8 Å². The molecule has 8 heteroatoms. The van der Waals surface area contributed by atoms with Crippen LogP contribution in [0.5, 0.6) is 0 Å². The zero-order valence-electron chi connectivity index (χ0n) is 13.9. The molecule has 1 aromatic carbocycles. The van der Waals surface area contributed by atoms with Crippen LogP contribution in [-0.4, -0.2) is 60.9 Å². The topological polar surface area (TPSA) is 128 Å². The van der Waals surface area contributed by atoms with Crippen LogP contribution in [0.1, 0.15) is 10.4 Å². The molecule has 2 rings (SSSR count). The van der Waals surface area contributed by atoms with Crippen LogP contribution in [-0.2, 0) is 4.79 Å². The summed E-state index contributed by atoms with van der Waals surface area (Å²) in [7, 11) is 0. The van der Waals surface area contributed by atoms with E-state index in [0.717, 1.165) is 12.7 Å². The summed E-state index contributed by atoms with van der Waals surface area (Å²) in [6, 6.07) is 8.43. The Morgan fingerprint density at radius 1 is 1.24 bits per heavy atom. The quantitative estimate of drug-likeness (QED) is 0.376. The zero-order chi connectivity index (χ0) is 18.2. The third kappa shape index (κ3) is 4.79. The maximum atomic E-state index is 12.4. The second kappa shape index (κ2) is 8.82. The van der Waals surface area contributed by atoms with Crippen molar-refractivity contribution in [3.05, 3.63) is 41.6 Å². The van der Waals surface area contributed by atoms with Crippen molar-refractivity contribution in [2.45, 2.75) is 0 Å². The van der Waals surface area contributed by atoms with E-state index >= 15 is 0 Å². The largest absolute Gasteiger partial charge is 0.398 e. The highest BCUT2D eigenvalue weighted by atomic mass is 16.2. The average Bonchev–Trinajstić information content (AvgIpc) is 2.63. The fourth-order valence-electron chi connectivity index (χ4n) is 2.59. The number of hydrogen-bond acceptors (Lipinski definition) is 6. The third-order valence-corrected chi connectivity index (χ3v) is 4.01. The molecule has 0 radical (unpaired) electrons. The lowest BCUT2D eigenvalue weighted by Gasteiger charge is -2.34. The van der Waals surface area contributed by atoms with Gasteiger partial charge in [0, 0.05) is 51.2 Å². The minimum absolute atomic E-state index is 0.116. The van der Waals surface area contributed by atoms with Gasteiger partial charge in [-0.1, -0.05) is 12.1 Å². The molecular formula is C17H22N6O2. The number of hydrogen-bond donors (Lipinski definition) is 3. The van der Waals surface area contributed by atoms with Crippen molar-refractivity contribution in [1.82, 2.24) is 15.1 Å². The molecule has 0 spiro atoms. The summed E-state index contributed by atoms with van der Waals surface area (Å²) in [5.41, 5.74) is 11.8. The van der Waals surface area contributed by atoms with Crippen LogP contribution >= 0.6 is 0 Å². The first-order chi connectivity index (χ1) is 12.1. The van der Waals surface area contributed by atoms with E-state index in [1.807, 2.05) is 6.07 Å². The summed E-state index contributed by atoms with van der Waals surface area (Å²) in [5, 5.41) is 11.7. The molecular weight excluding hydrogens is 320 g/mol. The lowest BCUT2D eigenvalue weighted by atomic mass is 10.1. The summed E-state index contributed by atoms with van der Waals surface area (Å²) in [6.07, 6.45) is 1.14. The van der Waals surface area contributed by atoms with Gasteiger partial charge in [-0.05, 0) is 12.1 Å². The fourth-order valence-corrected chi connectivity index (χ4v) is 2.59. The maximum Gasteiger partial charge on any atom is 0.266 e. The molecule has 2 amide bonds. The molecule has 8 nitrogen and oxygen atoms in total. The highest BCUT2D eigenvalue weighted by Gasteiger charge is 2.23. The standard InChI is InChI=1S/C17H22N6O2/c18-5-6-22-7-9-23(10-8-22)17(25)13(11-19)12-21-16(24)14-3-1-2-4-15(14)20/h1-4,12H,5-10,18,20H2,(H,21,24)/b13-12-. The summed E-state index contributed by atoms with van der Waals surface area (Å²) in [5.74, 6) is -0.859. The van der Waals surface area contributed by atoms with Crippen molar-refractivity contribution in [3.63, 3.8) is 0 Å². The summed E-state index contributed by atoms with van der Waals surface area (Å²) < 4.78 is 0. The van der Waals surface area contributed by atoms with Gasteiger partial charge in [-0.3, -0.25) is 14.5 Å². The normalized spacial score (nSPS) is 15.5. The first-order valence-corrected chi connectivity index (χ1v) is 8.04. The minimum Gasteiger partial charge on any atom is -0.398 e. The van der Waals surface area contributed by atoms with E-state index in [0.29, 0.717) is 44.0 Å². The molecule has 5 N–H and O–H groups in total. The molecule has 1 aliphatic rings. The molecule has 132 valence electrons. The smallest absolute Gasteiger partial charge is 0.266 e. The molecule has 0 bridgehead atoms. The number of nitrogens with one attached hydrogen (secondary N) is 1. The van der Waals surface area contributed by atoms with Gasteiger partial charge >= 0.3 is 0 Å². The van der Waals surface area contributed by atoms with E-state index in [1.54, 1.807) is 29.2 Å². The van der Waals surface area contributed by atoms with Crippen LogP contribution in [0.25, 0.3) is 0 Å². The predicted molar refractivity (Wildman–Crippen MR) is 94.1 cm³/mol. The molecule has 0 aliphatic carbocycles. The number of nitriles is 1. The average molecular weight is 342 g/mol. The van der Waals surface area contributed by atoms with Crippen LogP contribution < -0.4 is 16.8 Å². The van der Waals surface area contributed by atoms with Gasteiger partial charge in [0.15, 0.2) is 0 Å². The Morgan fingerprint density at radius 2 is 1.92 bits per heavy atom. The van der Waals surface area contributed by atoms with Crippen molar-refractivity contribution in [1.29, 1.82) is 5.26 Å². The Bertz CT molecular complexity index is 701. The van der Waals surface area contributed by atoms with Crippen LogP contribution in [0.4, 0.5) is 5.69 Å². The molecule has 1 fully saturated rings. The number of carbonyl (C=O) groups excluding carboxylic acids is 2. The number of carbonyl (C=O) groups is 2. The number of para-hydroxylation sites is 1. The summed E-state index contributed by atoms with van der Waals surface area (Å²) >= 11 is 0. The maximum absolute atomic E-state index is 12.4. The predicted octanol–water partition coefficient (Wildman–Crippen LogP) is -0.491. The second-order valence-corrected chi connectivity index (χ2v) is 5.65. The van der Waals surface area contributed by atoms with Crippen molar-refractivity contribution < 1.29 is 9.59 Å². The van der Waals surface area contributed by atoms with Gasteiger partial charge in [-0.15, -0.1) is 0 Å². The van der Waals surface area contributed by atoms with Crippen molar-refractivity contribution >= 4 is 17.5 Å². The Kier molecular flexibility index (Phi) is 6.51. The van der Waals surface area contributed by atoms with Gasteiger partial charge in [-0.25, -0.2) is 0 Å². The van der Waals surface area contributed by atoms with Gasteiger partial charge < -0.3 is 21.7 Å². The molecule has 25 heavy (non-hydrogen) atoms. The van der Waals surface area contributed by atoms with Gasteiger partial charge in [0.2, 0.25) is 0 Å². The van der Waals surface area contributed by atoms with E-state index in [9.17, 15) is 14.9 Å². The summed E-state index contributed by atoms with van der Waals surface area (Å²) in [6.45, 7) is 3.85. The Labute approximate surface area is 146 Å². The number of benzene rings is 1. The first kappa shape index (κ1) is 18.4. The van der Waals surface area contributed by atoms with Gasteiger partial charge in [0.25, 0.3) is 11.8 Å². The van der Waals surface area contributed by atoms with Crippen molar-refractivity contribution in [2.75, 3.05) is 45.0 Å². The molecule has 0 atom stereocenters. The van der Waals surface area contributed by atoms with Crippen molar-refractivity contribution in [3.8, 4) is 6.07 Å². The van der Waals surface area contributed by atoms with Gasteiger partial charge in [0.05, 0.1) is 5.56 Å². The lowest BCUT2D eigenvalue weighted by molar-refractivity contribution is -0.128. The molecule has 1 aliphatic heterocycles. The monoisotopic (exact) mass is 342 g/mol. The fraction of sp³-hybridized carbons (Fsp3) is 0.353. The number of nitrogens with two attached hydrogens (primary N) is 2. The molecule has 0 unspecified atom stereocenters. The summed E-state index contributed by atoms with van der Waals surface area (Å²) in [4.78, 5) is 28.3. The number of rotatable bonds is 5. The second-order valence-electron chi connectivity index (χ2n) is 5.65. The van der Waals surface area contributed by atoms with E-state index in [4.69, 9.17) is 11.5 Å². The molecule has 1 aromatic rings. The Hall–Kier alpha value is -2.89. The molecule has 0 saturated carbocycles. The molecule has 1 saturated heterocycles.